The molecule has 33 heavy (non-hydrogen) atoms. The van der Waals surface area contributed by atoms with Gasteiger partial charge < -0.3 is 25.0 Å². The molecule has 3 rings (SSSR count). The van der Waals surface area contributed by atoms with Crippen molar-refractivity contribution in [3.8, 4) is 17.0 Å². The zero-order valence-corrected chi connectivity index (χ0v) is 19.7. The number of aromatic nitrogens is 2. The van der Waals surface area contributed by atoms with Crippen LogP contribution in [0.2, 0.25) is 0 Å². The van der Waals surface area contributed by atoms with Gasteiger partial charge in [0.2, 0.25) is 5.88 Å². The van der Waals surface area contributed by atoms with E-state index >= 15 is 0 Å². The van der Waals surface area contributed by atoms with Gasteiger partial charge in [-0.1, -0.05) is 13.8 Å². The van der Waals surface area contributed by atoms with E-state index in [-0.39, 0.29) is 42.5 Å². The summed E-state index contributed by atoms with van der Waals surface area (Å²) < 4.78 is 6.24. The Balaban J connectivity index is 1.96. The molecule has 0 fully saturated rings. The largest absolute Gasteiger partial charge is 0.472 e. The number of aliphatic hydroxyl groups is 1. The van der Waals surface area contributed by atoms with Gasteiger partial charge in [-0.3, -0.25) is 9.78 Å². The van der Waals surface area contributed by atoms with Crippen LogP contribution in [0.1, 0.15) is 37.6 Å². The molecule has 0 aromatic carbocycles. The van der Waals surface area contributed by atoms with Crippen LogP contribution in [-0.2, 0) is 0 Å². The summed E-state index contributed by atoms with van der Waals surface area (Å²) in [5.41, 5.74) is 1.99. The number of pyridine rings is 2. The highest BCUT2D eigenvalue weighted by atomic mass is 16.5. The van der Waals surface area contributed by atoms with E-state index < -0.39 is 0 Å². The van der Waals surface area contributed by atoms with Gasteiger partial charge >= 0.3 is 6.03 Å². The van der Waals surface area contributed by atoms with E-state index in [0.717, 1.165) is 17.5 Å². The molecule has 0 bridgehead atoms. The van der Waals surface area contributed by atoms with Crippen molar-refractivity contribution in [1.29, 1.82) is 0 Å². The Hall–Kier alpha value is -3.20. The van der Waals surface area contributed by atoms with Crippen molar-refractivity contribution in [3.05, 3.63) is 42.4 Å². The minimum absolute atomic E-state index is 0.0980. The number of amides is 3. The lowest BCUT2D eigenvalue weighted by Gasteiger charge is -2.37. The van der Waals surface area contributed by atoms with E-state index in [2.05, 4.69) is 15.3 Å². The molecular formula is C24H33N5O4. The summed E-state index contributed by atoms with van der Waals surface area (Å²) >= 11 is 0. The molecule has 2 aromatic heterocycles. The Morgan fingerprint density at radius 2 is 2.09 bits per heavy atom. The van der Waals surface area contributed by atoms with Crippen LogP contribution < -0.4 is 10.1 Å². The second-order valence-corrected chi connectivity index (χ2v) is 8.55. The maximum Gasteiger partial charge on any atom is 0.317 e. The number of fused-ring (bicyclic) bond motifs is 1. The third kappa shape index (κ3) is 5.78. The van der Waals surface area contributed by atoms with Crippen molar-refractivity contribution >= 4 is 11.9 Å². The van der Waals surface area contributed by atoms with E-state index in [0.29, 0.717) is 25.2 Å². The molecule has 3 atom stereocenters. The number of carbonyl (C=O) groups is 2. The van der Waals surface area contributed by atoms with Crippen LogP contribution >= 0.6 is 0 Å². The van der Waals surface area contributed by atoms with E-state index in [1.54, 1.807) is 41.5 Å². The molecule has 0 saturated carbocycles. The SMILES string of the molecule is CCCNC(=O)N(C)C[C@H]1Oc2ncc(-c3ccncc3)cc2C(=O)N([C@H](C)CO)C[C@H]1C. The monoisotopic (exact) mass is 455 g/mol. The van der Waals surface area contributed by atoms with Crippen molar-refractivity contribution in [2.75, 3.05) is 33.3 Å². The summed E-state index contributed by atoms with van der Waals surface area (Å²) in [6.45, 7) is 6.94. The van der Waals surface area contributed by atoms with Crippen LogP contribution in [0.15, 0.2) is 36.8 Å². The molecule has 0 spiro atoms. The van der Waals surface area contributed by atoms with E-state index in [1.165, 1.54) is 0 Å². The number of nitrogens with one attached hydrogen (secondary N) is 1. The third-order valence-corrected chi connectivity index (χ3v) is 5.86. The maximum absolute atomic E-state index is 13.5. The molecule has 1 aliphatic heterocycles. The number of hydrogen-bond acceptors (Lipinski definition) is 6. The van der Waals surface area contributed by atoms with Gasteiger partial charge in [-0.25, -0.2) is 9.78 Å². The van der Waals surface area contributed by atoms with Gasteiger partial charge in [-0.05, 0) is 37.1 Å². The number of hydrogen-bond donors (Lipinski definition) is 2. The van der Waals surface area contributed by atoms with Gasteiger partial charge in [0.25, 0.3) is 5.91 Å². The fourth-order valence-electron chi connectivity index (χ4n) is 3.74. The lowest BCUT2D eigenvalue weighted by Crippen LogP contribution is -2.51. The molecule has 0 aliphatic carbocycles. The number of carbonyl (C=O) groups excluding carboxylic acids is 2. The maximum atomic E-state index is 13.5. The summed E-state index contributed by atoms with van der Waals surface area (Å²) in [6.07, 6.45) is 5.50. The van der Waals surface area contributed by atoms with Crippen LogP contribution in [0.5, 0.6) is 5.88 Å². The van der Waals surface area contributed by atoms with Crippen LogP contribution in [0.4, 0.5) is 4.79 Å². The van der Waals surface area contributed by atoms with Crippen LogP contribution in [-0.4, -0.2) is 82.2 Å². The standard InChI is InChI=1S/C24H33N5O4/c1-5-8-26-24(32)28(4)14-21-16(2)13-29(17(3)15-30)23(31)20-11-19(12-27-22(20)33-21)18-6-9-25-10-7-18/h6-7,9-12,16-17,21,30H,5,8,13-15H2,1-4H3,(H,26,32)/t16-,17-,21-/m1/s1. The Morgan fingerprint density at radius 3 is 2.76 bits per heavy atom. The molecule has 9 heteroatoms. The van der Waals surface area contributed by atoms with E-state index in [9.17, 15) is 14.7 Å². The fourth-order valence-corrected chi connectivity index (χ4v) is 3.74. The number of rotatable bonds is 7. The Kier molecular flexibility index (Phi) is 8.21. The van der Waals surface area contributed by atoms with E-state index in [1.807, 2.05) is 32.9 Å². The van der Waals surface area contributed by atoms with Gasteiger partial charge in [-0.15, -0.1) is 0 Å². The molecule has 3 amide bonds. The highest BCUT2D eigenvalue weighted by Crippen LogP contribution is 2.30. The molecule has 178 valence electrons. The summed E-state index contributed by atoms with van der Waals surface area (Å²) in [7, 11) is 1.72. The number of ether oxygens (including phenoxy) is 1. The normalized spacial score (nSPS) is 19.1. The van der Waals surface area contributed by atoms with Crippen molar-refractivity contribution in [2.24, 2.45) is 5.92 Å². The second kappa shape index (κ2) is 11.1. The molecule has 3 heterocycles. The van der Waals surface area contributed by atoms with Crippen molar-refractivity contribution in [3.63, 3.8) is 0 Å². The zero-order valence-electron chi connectivity index (χ0n) is 19.7. The first kappa shape index (κ1) is 24.4. The van der Waals surface area contributed by atoms with Crippen LogP contribution in [0.3, 0.4) is 0 Å². The highest BCUT2D eigenvalue weighted by Gasteiger charge is 2.34. The number of likely N-dealkylation sites (N-methyl/N-ethyl adjacent to an activating group) is 1. The highest BCUT2D eigenvalue weighted by molar-refractivity contribution is 5.98. The number of urea groups is 1. The molecular weight excluding hydrogens is 422 g/mol. The average Bonchev–Trinajstić information content (AvgIpc) is 2.84. The van der Waals surface area contributed by atoms with Crippen LogP contribution in [0.25, 0.3) is 11.1 Å². The Morgan fingerprint density at radius 1 is 1.36 bits per heavy atom. The first-order valence-corrected chi connectivity index (χ1v) is 11.3. The summed E-state index contributed by atoms with van der Waals surface area (Å²) in [6, 6.07) is 4.91. The van der Waals surface area contributed by atoms with Crippen molar-refractivity contribution in [2.45, 2.75) is 39.3 Å². The summed E-state index contributed by atoms with van der Waals surface area (Å²) in [5, 5.41) is 12.7. The zero-order chi connectivity index (χ0) is 24.0. The van der Waals surface area contributed by atoms with Gasteiger partial charge in [0.15, 0.2) is 0 Å². The minimum atomic E-state index is -0.387. The van der Waals surface area contributed by atoms with Gasteiger partial charge in [0.05, 0.1) is 19.2 Å². The Bertz CT molecular complexity index is 955. The van der Waals surface area contributed by atoms with E-state index in [4.69, 9.17) is 4.74 Å². The molecule has 9 nitrogen and oxygen atoms in total. The van der Waals surface area contributed by atoms with Crippen molar-refractivity contribution < 1.29 is 19.4 Å². The number of nitrogens with zero attached hydrogens (tertiary/aromatic N) is 4. The third-order valence-electron chi connectivity index (χ3n) is 5.86. The smallest absolute Gasteiger partial charge is 0.317 e. The topological polar surface area (TPSA) is 108 Å². The molecule has 0 saturated heterocycles. The summed E-state index contributed by atoms with van der Waals surface area (Å²) in [4.78, 5) is 37.6. The van der Waals surface area contributed by atoms with Gasteiger partial charge in [-0.2, -0.15) is 0 Å². The van der Waals surface area contributed by atoms with Crippen LogP contribution in [0, 0.1) is 5.92 Å². The first-order chi connectivity index (χ1) is 15.8. The average molecular weight is 456 g/mol. The quantitative estimate of drug-likeness (QED) is 0.664. The van der Waals surface area contributed by atoms with Gasteiger partial charge in [0, 0.05) is 50.2 Å². The molecule has 2 N–H and O–H groups in total. The minimum Gasteiger partial charge on any atom is -0.472 e. The lowest BCUT2D eigenvalue weighted by atomic mass is 9.99. The Labute approximate surface area is 194 Å². The predicted octanol–water partition coefficient (Wildman–Crippen LogP) is 2.42. The summed E-state index contributed by atoms with van der Waals surface area (Å²) in [5.74, 6) is -0.111. The molecule has 2 aromatic rings. The molecule has 0 radical (unpaired) electrons. The first-order valence-electron chi connectivity index (χ1n) is 11.3. The lowest BCUT2D eigenvalue weighted by molar-refractivity contribution is 0.0352. The predicted molar refractivity (Wildman–Crippen MR) is 125 cm³/mol. The molecule has 1 aliphatic rings. The molecule has 0 unspecified atom stereocenters. The van der Waals surface area contributed by atoms with Gasteiger partial charge in [0.1, 0.15) is 11.7 Å². The number of aliphatic hydroxyl groups excluding tert-OH is 1. The van der Waals surface area contributed by atoms with Crippen molar-refractivity contribution in [1.82, 2.24) is 25.1 Å². The fraction of sp³-hybridized carbons (Fsp3) is 0.500. The second-order valence-electron chi connectivity index (χ2n) is 8.55.